The van der Waals surface area contributed by atoms with Crippen LogP contribution in [-0.4, -0.2) is 58.8 Å². The maximum absolute atomic E-state index is 2.28. The van der Waals surface area contributed by atoms with Crippen molar-refractivity contribution < 1.29 is 0 Å². The lowest BCUT2D eigenvalue weighted by Crippen LogP contribution is -2.41. The smallest absolute Gasteiger partial charge is 0.0828 e. The molecule has 3 heteroatoms. The van der Waals surface area contributed by atoms with E-state index in [4.69, 9.17) is 0 Å². The van der Waals surface area contributed by atoms with Gasteiger partial charge in [-0.3, -0.25) is 0 Å². The standard InChI is InChI=1S/C8H20N2Si/c1-7(9(3)4)11-8(2)10(5)6/h7-8H,1-6H3. The Kier molecular flexibility index (Phi) is 4.96. The normalized spacial score (nSPS) is 17.5. The van der Waals surface area contributed by atoms with Crippen LogP contribution in [0, 0.1) is 0 Å². The highest BCUT2D eigenvalue weighted by Crippen LogP contribution is 1.96. The summed E-state index contributed by atoms with van der Waals surface area (Å²) in [4.78, 5) is 4.55. The Labute approximate surface area is 73.4 Å². The molecule has 2 nitrogen and oxygen atoms in total. The minimum Gasteiger partial charge on any atom is -0.310 e. The molecule has 0 spiro atoms. The highest BCUT2D eigenvalue weighted by Gasteiger charge is 2.12. The molecule has 2 unspecified atom stereocenters. The molecule has 0 saturated heterocycles. The van der Waals surface area contributed by atoms with Crippen LogP contribution in [0.3, 0.4) is 0 Å². The predicted molar refractivity (Wildman–Crippen MR) is 52.1 cm³/mol. The molecule has 0 saturated carbocycles. The lowest BCUT2D eigenvalue weighted by Gasteiger charge is -2.26. The maximum Gasteiger partial charge on any atom is 0.0828 e. The Balaban J connectivity index is 3.66. The number of hydrogen-bond donors (Lipinski definition) is 0. The zero-order chi connectivity index (χ0) is 9.02. The summed E-state index contributed by atoms with van der Waals surface area (Å²) >= 11 is 0. The van der Waals surface area contributed by atoms with Crippen LogP contribution >= 0.6 is 0 Å². The molecular weight excluding hydrogens is 152 g/mol. The van der Waals surface area contributed by atoms with E-state index in [2.05, 4.69) is 51.8 Å². The highest BCUT2D eigenvalue weighted by atomic mass is 28.2. The quantitative estimate of drug-likeness (QED) is 0.570. The van der Waals surface area contributed by atoms with Crippen LogP contribution < -0.4 is 0 Å². The lowest BCUT2D eigenvalue weighted by atomic mass is 10.6. The average Bonchev–Trinajstić information content (AvgIpc) is 1.87. The number of nitrogens with zero attached hydrogens (tertiary/aromatic N) is 2. The van der Waals surface area contributed by atoms with Gasteiger partial charge in [0.25, 0.3) is 0 Å². The van der Waals surface area contributed by atoms with Crippen LogP contribution in [0.4, 0.5) is 0 Å². The first-order chi connectivity index (χ1) is 4.95. The maximum atomic E-state index is 2.28. The fraction of sp³-hybridized carbons (Fsp3) is 1.00. The summed E-state index contributed by atoms with van der Waals surface area (Å²) in [6.07, 6.45) is 0. The van der Waals surface area contributed by atoms with Crippen molar-refractivity contribution in [3.8, 4) is 0 Å². The second-order valence-corrected chi connectivity index (χ2v) is 5.45. The second kappa shape index (κ2) is 4.90. The third-order valence-electron chi connectivity index (χ3n) is 2.03. The monoisotopic (exact) mass is 172 g/mol. The van der Waals surface area contributed by atoms with E-state index in [1.807, 2.05) is 0 Å². The minimum atomic E-state index is 0.701. The van der Waals surface area contributed by atoms with Crippen LogP contribution in [0.15, 0.2) is 0 Å². The van der Waals surface area contributed by atoms with Crippen molar-refractivity contribution in [2.75, 3.05) is 28.2 Å². The summed E-state index contributed by atoms with van der Waals surface area (Å²) < 4.78 is 0. The summed E-state index contributed by atoms with van der Waals surface area (Å²) in [5.74, 6) is 0. The molecule has 0 aromatic rings. The van der Waals surface area contributed by atoms with Crippen LogP contribution in [-0.2, 0) is 0 Å². The van der Waals surface area contributed by atoms with Gasteiger partial charge in [0.2, 0.25) is 0 Å². The van der Waals surface area contributed by atoms with Crippen LogP contribution in [0.25, 0.3) is 0 Å². The van der Waals surface area contributed by atoms with Crippen LogP contribution in [0.5, 0.6) is 0 Å². The molecule has 0 aliphatic carbocycles. The van der Waals surface area contributed by atoms with Crippen molar-refractivity contribution in [1.29, 1.82) is 0 Å². The van der Waals surface area contributed by atoms with E-state index in [0.29, 0.717) is 11.3 Å². The average molecular weight is 172 g/mol. The van der Waals surface area contributed by atoms with E-state index in [1.54, 1.807) is 0 Å². The molecule has 0 aromatic heterocycles. The van der Waals surface area contributed by atoms with Gasteiger partial charge >= 0.3 is 0 Å². The molecule has 0 N–H and O–H groups in total. The van der Waals surface area contributed by atoms with E-state index < -0.39 is 0 Å². The Bertz CT molecular complexity index is 92.3. The van der Waals surface area contributed by atoms with Crippen molar-refractivity contribution in [2.24, 2.45) is 0 Å². The Morgan fingerprint density at radius 1 is 0.818 bits per heavy atom. The molecule has 11 heavy (non-hydrogen) atoms. The van der Waals surface area contributed by atoms with Gasteiger partial charge in [0.05, 0.1) is 9.52 Å². The van der Waals surface area contributed by atoms with E-state index in [9.17, 15) is 0 Å². The van der Waals surface area contributed by atoms with Crippen LogP contribution in [0.1, 0.15) is 13.8 Å². The summed E-state index contributed by atoms with van der Waals surface area (Å²) in [6, 6.07) is 0. The molecule has 2 atom stereocenters. The van der Waals surface area contributed by atoms with Crippen molar-refractivity contribution in [2.45, 2.75) is 25.2 Å². The molecule has 2 radical (unpaired) electrons. The first-order valence-corrected chi connectivity index (χ1v) is 5.19. The second-order valence-electron chi connectivity index (χ2n) is 3.45. The molecule has 0 fully saturated rings. The van der Waals surface area contributed by atoms with Crippen molar-refractivity contribution in [3.05, 3.63) is 0 Å². The third kappa shape index (κ3) is 4.56. The predicted octanol–water partition coefficient (Wildman–Crippen LogP) is 0.506. The molecule has 66 valence electrons. The first kappa shape index (κ1) is 11.1. The van der Waals surface area contributed by atoms with Gasteiger partial charge in [0.1, 0.15) is 0 Å². The van der Waals surface area contributed by atoms with Crippen LogP contribution in [0.2, 0.25) is 0 Å². The Hall–Kier alpha value is 0.137. The van der Waals surface area contributed by atoms with Gasteiger partial charge in [0.15, 0.2) is 0 Å². The lowest BCUT2D eigenvalue weighted by molar-refractivity contribution is 0.356. The third-order valence-corrected chi connectivity index (χ3v) is 4.03. The van der Waals surface area contributed by atoms with E-state index in [0.717, 1.165) is 9.52 Å². The van der Waals surface area contributed by atoms with E-state index >= 15 is 0 Å². The molecule has 0 heterocycles. The van der Waals surface area contributed by atoms with E-state index in [-0.39, 0.29) is 0 Å². The van der Waals surface area contributed by atoms with Gasteiger partial charge in [-0.2, -0.15) is 0 Å². The zero-order valence-electron chi connectivity index (χ0n) is 8.55. The number of rotatable bonds is 4. The van der Waals surface area contributed by atoms with Gasteiger partial charge < -0.3 is 9.80 Å². The molecule has 0 aliphatic rings. The molecule has 0 rings (SSSR count). The summed E-state index contributed by atoms with van der Waals surface area (Å²) in [5, 5.41) is 0. The minimum absolute atomic E-state index is 0.701. The Morgan fingerprint density at radius 3 is 1.27 bits per heavy atom. The fourth-order valence-electron chi connectivity index (χ4n) is 0.647. The van der Waals surface area contributed by atoms with Gasteiger partial charge in [-0.25, -0.2) is 0 Å². The van der Waals surface area contributed by atoms with Gasteiger partial charge in [0, 0.05) is 0 Å². The molecular formula is C8H20N2Si. The molecule has 0 bridgehead atoms. The van der Waals surface area contributed by atoms with E-state index in [1.165, 1.54) is 0 Å². The zero-order valence-corrected chi connectivity index (χ0v) is 9.55. The van der Waals surface area contributed by atoms with Crippen molar-refractivity contribution in [1.82, 2.24) is 9.80 Å². The van der Waals surface area contributed by atoms with Gasteiger partial charge in [-0.05, 0) is 39.5 Å². The largest absolute Gasteiger partial charge is 0.310 e. The summed E-state index contributed by atoms with van der Waals surface area (Å²) in [7, 11) is 9.55. The van der Waals surface area contributed by atoms with Gasteiger partial charge in [-0.15, -0.1) is 0 Å². The topological polar surface area (TPSA) is 6.48 Å². The Morgan fingerprint density at radius 2 is 1.09 bits per heavy atom. The van der Waals surface area contributed by atoms with Gasteiger partial charge in [-0.1, -0.05) is 13.8 Å². The highest BCUT2D eigenvalue weighted by molar-refractivity contribution is 6.39. The van der Waals surface area contributed by atoms with Crippen molar-refractivity contribution in [3.63, 3.8) is 0 Å². The SMILES string of the molecule is CC([Si]C(C)N(C)C)N(C)C. The summed E-state index contributed by atoms with van der Waals surface area (Å²) in [6.45, 7) is 4.55. The first-order valence-electron chi connectivity index (χ1n) is 4.04. The molecule has 0 amide bonds. The summed E-state index contributed by atoms with van der Waals surface area (Å²) in [5.41, 5.74) is 1.40. The molecule has 0 aliphatic heterocycles. The van der Waals surface area contributed by atoms with Crippen molar-refractivity contribution >= 4 is 9.52 Å². The molecule has 0 aromatic carbocycles. The number of hydrogen-bond acceptors (Lipinski definition) is 2. The fourth-order valence-corrected chi connectivity index (χ4v) is 1.94.